The van der Waals surface area contributed by atoms with Crippen molar-refractivity contribution in [1.29, 1.82) is 0 Å². The van der Waals surface area contributed by atoms with Gasteiger partial charge in [0.05, 0.1) is 11.6 Å². The maximum Gasteiger partial charge on any atom is 0.248 e. The molecule has 0 aromatic rings. The van der Waals surface area contributed by atoms with E-state index in [-0.39, 0.29) is 18.1 Å². The highest BCUT2D eigenvalue weighted by Gasteiger charge is 2.38. The quantitative estimate of drug-likeness (QED) is 0.713. The van der Waals surface area contributed by atoms with Gasteiger partial charge in [-0.3, -0.25) is 9.59 Å². The largest absolute Gasteiger partial charge is 0.390 e. The molecule has 0 fully saturated rings. The molecule has 84 valence electrons. The number of Topliss-reactive ketones (excluding diaryl/α,β-unsaturated/α-hetero) is 1. The van der Waals surface area contributed by atoms with Gasteiger partial charge in [-0.2, -0.15) is 0 Å². The highest BCUT2D eigenvalue weighted by molar-refractivity contribution is 6.01. The molecule has 1 aliphatic rings. The molecule has 1 rings (SSSR count). The maximum atomic E-state index is 11.5. The second-order valence-electron chi connectivity index (χ2n) is 4.21. The Bertz CT molecular complexity index is 322. The van der Waals surface area contributed by atoms with Crippen LogP contribution in [0.15, 0.2) is 11.6 Å². The van der Waals surface area contributed by atoms with E-state index in [1.165, 1.54) is 6.92 Å². The van der Waals surface area contributed by atoms with Crippen LogP contribution in [0, 0.1) is 0 Å². The van der Waals surface area contributed by atoms with Gasteiger partial charge in [-0.05, 0) is 26.3 Å². The summed E-state index contributed by atoms with van der Waals surface area (Å²) in [6.45, 7) is 5.05. The van der Waals surface area contributed by atoms with Crippen LogP contribution in [0.1, 0.15) is 33.6 Å². The minimum atomic E-state index is -0.726. The number of ketones is 1. The first-order valence-electron chi connectivity index (χ1n) is 5.10. The molecule has 0 bridgehead atoms. The van der Waals surface area contributed by atoms with E-state index < -0.39 is 11.6 Å². The van der Waals surface area contributed by atoms with E-state index in [0.717, 1.165) is 0 Å². The van der Waals surface area contributed by atoms with Gasteiger partial charge in [0.25, 0.3) is 0 Å². The molecule has 0 radical (unpaired) electrons. The third-order valence-corrected chi connectivity index (χ3v) is 2.67. The third-order valence-electron chi connectivity index (χ3n) is 2.67. The van der Waals surface area contributed by atoms with Crippen molar-refractivity contribution in [3.63, 3.8) is 0 Å². The van der Waals surface area contributed by atoms with Crippen LogP contribution in [0.25, 0.3) is 0 Å². The van der Waals surface area contributed by atoms with Gasteiger partial charge in [0, 0.05) is 12.0 Å². The van der Waals surface area contributed by atoms with E-state index in [9.17, 15) is 14.7 Å². The topological polar surface area (TPSA) is 66.4 Å². The van der Waals surface area contributed by atoms with Crippen molar-refractivity contribution in [3.8, 4) is 0 Å². The van der Waals surface area contributed by atoms with Crippen LogP contribution in [0.2, 0.25) is 0 Å². The number of amides is 1. The van der Waals surface area contributed by atoms with E-state index >= 15 is 0 Å². The standard InChI is InChI=1S/C11H17NO3/c1-4-9(14)11(3)6-8(5-7(2)13)10(15)12-11/h6,9,14H,4-5H2,1-3H3,(H,12,15). The summed E-state index contributed by atoms with van der Waals surface area (Å²) >= 11 is 0. The summed E-state index contributed by atoms with van der Waals surface area (Å²) in [7, 11) is 0. The molecule has 0 aliphatic carbocycles. The predicted molar refractivity (Wildman–Crippen MR) is 56.2 cm³/mol. The maximum absolute atomic E-state index is 11.5. The molecule has 0 spiro atoms. The summed E-state index contributed by atoms with van der Waals surface area (Å²) in [5.74, 6) is -0.299. The fraction of sp³-hybridized carbons (Fsp3) is 0.636. The molecule has 1 amide bonds. The van der Waals surface area contributed by atoms with Crippen molar-refractivity contribution in [2.24, 2.45) is 0 Å². The van der Waals surface area contributed by atoms with Gasteiger partial charge in [-0.15, -0.1) is 0 Å². The Balaban J connectivity index is 2.86. The fourth-order valence-electron chi connectivity index (χ4n) is 1.79. The van der Waals surface area contributed by atoms with Crippen molar-refractivity contribution < 1.29 is 14.7 Å². The molecule has 15 heavy (non-hydrogen) atoms. The SMILES string of the molecule is CCC(O)C1(C)C=C(CC(C)=O)C(=O)N1. The van der Waals surface area contributed by atoms with Crippen LogP contribution in [0.3, 0.4) is 0 Å². The zero-order valence-electron chi connectivity index (χ0n) is 9.33. The monoisotopic (exact) mass is 211 g/mol. The highest BCUT2D eigenvalue weighted by Crippen LogP contribution is 2.24. The molecular weight excluding hydrogens is 194 g/mol. The highest BCUT2D eigenvalue weighted by atomic mass is 16.3. The van der Waals surface area contributed by atoms with Crippen LogP contribution in [0.5, 0.6) is 0 Å². The summed E-state index contributed by atoms with van der Waals surface area (Å²) < 4.78 is 0. The van der Waals surface area contributed by atoms with Crippen molar-refractivity contribution >= 4 is 11.7 Å². The number of carbonyl (C=O) groups excluding carboxylic acids is 2. The second-order valence-corrected chi connectivity index (χ2v) is 4.21. The van der Waals surface area contributed by atoms with Gasteiger partial charge in [0.15, 0.2) is 0 Å². The lowest BCUT2D eigenvalue weighted by atomic mass is 9.93. The Kier molecular flexibility index (Phi) is 3.29. The molecule has 0 aromatic carbocycles. The number of carbonyl (C=O) groups is 2. The fourth-order valence-corrected chi connectivity index (χ4v) is 1.79. The van der Waals surface area contributed by atoms with E-state index in [1.54, 1.807) is 13.0 Å². The lowest BCUT2D eigenvalue weighted by Crippen LogP contribution is -2.48. The first-order chi connectivity index (χ1) is 6.89. The van der Waals surface area contributed by atoms with Crippen LogP contribution in [0.4, 0.5) is 0 Å². The molecular formula is C11H17NO3. The average molecular weight is 211 g/mol. The zero-order chi connectivity index (χ0) is 11.6. The number of hydrogen-bond acceptors (Lipinski definition) is 3. The molecule has 0 saturated heterocycles. The van der Waals surface area contributed by atoms with E-state index in [0.29, 0.717) is 12.0 Å². The Morgan fingerprint density at radius 3 is 2.73 bits per heavy atom. The number of aliphatic hydroxyl groups excluding tert-OH is 1. The summed E-state index contributed by atoms with van der Waals surface area (Å²) in [6.07, 6.45) is 1.74. The van der Waals surface area contributed by atoms with Crippen LogP contribution >= 0.6 is 0 Å². The van der Waals surface area contributed by atoms with Gasteiger partial charge in [-0.1, -0.05) is 6.92 Å². The lowest BCUT2D eigenvalue weighted by molar-refractivity contribution is -0.121. The predicted octanol–water partition coefficient (Wildman–Crippen LogP) is 0.551. The van der Waals surface area contributed by atoms with Crippen LogP contribution < -0.4 is 5.32 Å². The second kappa shape index (κ2) is 4.14. The van der Waals surface area contributed by atoms with E-state index in [1.807, 2.05) is 6.92 Å². The smallest absolute Gasteiger partial charge is 0.248 e. The van der Waals surface area contributed by atoms with Gasteiger partial charge in [0.1, 0.15) is 5.78 Å². The minimum Gasteiger partial charge on any atom is -0.390 e. The van der Waals surface area contributed by atoms with E-state index in [2.05, 4.69) is 5.32 Å². The summed E-state index contributed by atoms with van der Waals surface area (Å²) in [6, 6.07) is 0. The summed E-state index contributed by atoms with van der Waals surface area (Å²) in [5, 5.41) is 12.4. The Morgan fingerprint density at radius 2 is 2.27 bits per heavy atom. The van der Waals surface area contributed by atoms with Gasteiger partial charge in [0.2, 0.25) is 5.91 Å². The number of aliphatic hydroxyl groups is 1. The number of nitrogens with one attached hydrogen (secondary N) is 1. The van der Waals surface area contributed by atoms with Crippen molar-refractivity contribution in [3.05, 3.63) is 11.6 Å². The Hall–Kier alpha value is -1.16. The van der Waals surface area contributed by atoms with E-state index in [4.69, 9.17) is 0 Å². The average Bonchev–Trinajstić information content (AvgIpc) is 2.41. The van der Waals surface area contributed by atoms with Crippen molar-refractivity contribution in [1.82, 2.24) is 5.32 Å². The molecule has 2 atom stereocenters. The zero-order valence-corrected chi connectivity index (χ0v) is 9.33. The molecule has 1 heterocycles. The normalized spacial score (nSPS) is 27.2. The molecule has 2 N–H and O–H groups in total. The van der Waals surface area contributed by atoms with Crippen LogP contribution in [-0.4, -0.2) is 28.4 Å². The Labute approximate surface area is 89.4 Å². The van der Waals surface area contributed by atoms with Crippen LogP contribution in [-0.2, 0) is 9.59 Å². The first-order valence-corrected chi connectivity index (χ1v) is 5.10. The summed E-state index contributed by atoms with van der Waals surface area (Å²) in [4.78, 5) is 22.4. The molecule has 4 nitrogen and oxygen atoms in total. The number of rotatable bonds is 4. The molecule has 0 aromatic heterocycles. The molecule has 2 unspecified atom stereocenters. The minimum absolute atomic E-state index is 0.0494. The third kappa shape index (κ3) is 2.45. The molecule has 0 saturated carbocycles. The Morgan fingerprint density at radius 1 is 1.67 bits per heavy atom. The van der Waals surface area contributed by atoms with Gasteiger partial charge in [-0.25, -0.2) is 0 Å². The van der Waals surface area contributed by atoms with Gasteiger partial charge >= 0.3 is 0 Å². The molecule has 4 heteroatoms. The van der Waals surface area contributed by atoms with Crippen molar-refractivity contribution in [2.45, 2.75) is 45.3 Å². The van der Waals surface area contributed by atoms with Crippen molar-refractivity contribution in [2.75, 3.05) is 0 Å². The molecule has 1 aliphatic heterocycles. The summed E-state index contributed by atoms with van der Waals surface area (Å²) in [5.41, 5.74) is -0.270. The first kappa shape index (κ1) is 11.9. The lowest BCUT2D eigenvalue weighted by Gasteiger charge is -2.27. The number of hydrogen-bond donors (Lipinski definition) is 2. The van der Waals surface area contributed by atoms with Gasteiger partial charge < -0.3 is 10.4 Å².